The minimum Gasteiger partial charge on any atom is -0.480 e. The number of aryl methyl sites for hydroxylation is 2. The Morgan fingerprint density at radius 1 is 1.52 bits per heavy atom. The molecule has 1 aromatic heterocycles. The lowest BCUT2D eigenvalue weighted by atomic mass is 10.3. The molecule has 1 amide bonds. The van der Waals surface area contributed by atoms with E-state index in [1.54, 1.807) is 11.7 Å². The second-order valence-electron chi connectivity index (χ2n) is 4.53. The van der Waals surface area contributed by atoms with Crippen LogP contribution in [0.25, 0.3) is 0 Å². The van der Waals surface area contributed by atoms with Gasteiger partial charge in [-0.25, -0.2) is 4.79 Å². The van der Waals surface area contributed by atoms with Crippen molar-refractivity contribution in [2.45, 2.75) is 32.1 Å². The van der Waals surface area contributed by atoms with Crippen LogP contribution in [-0.4, -0.2) is 42.8 Å². The molecule has 0 saturated heterocycles. The minimum absolute atomic E-state index is 0.145. The van der Waals surface area contributed by atoms with Gasteiger partial charge in [-0.15, -0.1) is 0 Å². The SMILES string of the molecule is CCc1nn(C)c(CS(=O)C[C@H](NC(C)=O)C(=O)O)c1Br. The first kappa shape index (κ1) is 17.8. The number of carbonyl (C=O) groups is 2. The Morgan fingerprint density at radius 3 is 2.57 bits per heavy atom. The Bertz CT molecular complexity index is 573. The maximum absolute atomic E-state index is 12.1. The van der Waals surface area contributed by atoms with Gasteiger partial charge < -0.3 is 10.4 Å². The highest BCUT2D eigenvalue weighted by Gasteiger charge is 2.23. The first-order valence-electron chi connectivity index (χ1n) is 6.31. The van der Waals surface area contributed by atoms with Gasteiger partial charge in [0.2, 0.25) is 5.91 Å². The number of carboxylic acid groups (broad SMARTS) is 1. The number of hydrogen-bond acceptors (Lipinski definition) is 4. The van der Waals surface area contributed by atoms with Gasteiger partial charge in [-0.1, -0.05) is 6.92 Å². The fraction of sp³-hybridized carbons (Fsp3) is 0.583. The summed E-state index contributed by atoms with van der Waals surface area (Å²) in [5.41, 5.74) is 1.61. The number of carboxylic acids is 1. The second-order valence-corrected chi connectivity index (χ2v) is 6.82. The second kappa shape index (κ2) is 7.69. The Kier molecular flexibility index (Phi) is 6.53. The van der Waals surface area contributed by atoms with Crippen LogP contribution in [-0.2, 0) is 39.6 Å². The van der Waals surface area contributed by atoms with Crippen molar-refractivity contribution in [2.75, 3.05) is 5.75 Å². The fourth-order valence-electron chi connectivity index (χ4n) is 1.79. The van der Waals surface area contributed by atoms with Gasteiger partial charge in [0.1, 0.15) is 6.04 Å². The van der Waals surface area contributed by atoms with Crippen molar-refractivity contribution >= 4 is 38.6 Å². The molecular weight excluding hydrogens is 362 g/mol. The lowest BCUT2D eigenvalue weighted by Gasteiger charge is -2.13. The summed E-state index contributed by atoms with van der Waals surface area (Å²) in [5, 5.41) is 15.6. The van der Waals surface area contributed by atoms with Crippen LogP contribution in [0.2, 0.25) is 0 Å². The van der Waals surface area contributed by atoms with Gasteiger partial charge in [0.05, 0.1) is 27.4 Å². The van der Waals surface area contributed by atoms with Crippen LogP contribution in [0.4, 0.5) is 0 Å². The Morgan fingerprint density at radius 2 is 2.14 bits per heavy atom. The Labute approximate surface area is 133 Å². The van der Waals surface area contributed by atoms with Gasteiger partial charge in [0, 0.05) is 24.8 Å². The summed E-state index contributed by atoms with van der Waals surface area (Å²) in [6.07, 6.45) is 0.741. The molecule has 0 aliphatic rings. The molecular formula is C12H18BrN3O4S. The standard InChI is InChI=1S/C12H18BrN3O4S/c1-4-8-11(13)10(16(3)15-8)6-21(20)5-9(12(18)19)14-7(2)17/h9H,4-6H2,1-3H3,(H,14,17)(H,18,19)/t9-,21?/m0/s1. The van der Waals surface area contributed by atoms with E-state index in [0.29, 0.717) is 0 Å². The molecule has 0 spiro atoms. The van der Waals surface area contributed by atoms with E-state index in [1.165, 1.54) is 6.92 Å². The molecule has 1 heterocycles. The van der Waals surface area contributed by atoms with Gasteiger partial charge in [-0.05, 0) is 22.4 Å². The highest BCUT2D eigenvalue weighted by molar-refractivity contribution is 9.10. The van der Waals surface area contributed by atoms with E-state index in [0.717, 1.165) is 22.3 Å². The molecule has 0 saturated carbocycles. The fourth-order valence-corrected chi connectivity index (χ4v) is 4.09. The third-order valence-corrected chi connectivity index (χ3v) is 5.04. The van der Waals surface area contributed by atoms with Crippen molar-refractivity contribution < 1.29 is 18.9 Å². The van der Waals surface area contributed by atoms with Crippen molar-refractivity contribution in [2.24, 2.45) is 7.05 Å². The average molecular weight is 380 g/mol. The van der Waals surface area contributed by atoms with E-state index >= 15 is 0 Å². The highest BCUT2D eigenvalue weighted by Crippen LogP contribution is 2.22. The molecule has 2 atom stereocenters. The largest absolute Gasteiger partial charge is 0.480 e. The van der Waals surface area contributed by atoms with Gasteiger partial charge in [-0.2, -0.15) is 5.10 Å². The first-order valence-corrected chi connectivity index (χ1v) is 8.59. The monoisotopic (exact) mass is 379 g/mol. The van der Waals surface area contributed by atoms with Gasteiger partial charge in [-0.3, -0.25) is 13.7 Å². The number of halogens is 1. The lowest BCUT2D eigenvalue weighted by Crippen LogP contribution is -2.43. The molecule has 0 bridgehead atoms. The summed E-state index contributed by atoms with van der Waals surface area (Å²) in [6.45, 7) is 3.19. The van der Waals surface area contributed by atoms with Gasteiger partial charge >= 0.3 is 5.97 Å². The van der Waals surface area contributed by atoms with Crippen LogP contribution in [0.5, 0.6) is 0 Å². The number of nitrogens with one attached hydrogen (secondary N) is 1. The maximum atomic E-state index is 12.1. The van der Waals surface area contributed by atoms with E-state index in [4.69, 9.17) is 5.11 Å². The number of carbonyl (C=O) groups excluding carboxylic acids is 1. The smallest absolute Gasteiger partial charge is 0.327 e. The third kappa shape index (κ3) is 4.92. The normalized spacial score (nSPS) is 13.7. The summed E-state index contributed by atoms with van der Waals surface area (Å²) in [4.78, 5) is 22.0. The van der Waals surface area contributed by atoms with Crippen LogP contribution >= 0.6 is 15.9 Å². The predicted octanol–water partition coefficient (Wildman–Crippen LogP) is 0.583. The number of aliphatic carboxylic acids is 1. The maximum Gasteiger partial charge on any atom is 0.327 e. The molecule has 21 heavy (non-hydrogen) atoms. The van der Waals surface area contributed by atoms with Crippen molar-refractivity contribution in [1.29, 1.82) is 0 Å². The van der Waals surface area contributed by atoms with E-state index in [9.17, 15) is 13.8 Å². The summed E-state index contributed by atoms with van der Waals surface area (Å²) in [6, 6.07) is -1.15. The topological polar surface area (TPSA) is 101 Å². The summed E-state index contributed by atoms with van der Waals surface area (Å²) >= 11 is 3.42. The van der Waals surface area contributed by atoms with Crippen LogP contribution in [0.1, 0.15) is 25.2 Å². The Hall–Kier alpha value is -1.22. The number of hydrogen-bond donors (Lipinski definition) is 2. The van der Waals surface area contributed by atoms with Crippen LogP contribution < -0.4 is 5.32 Å². The van der Waals surface area contributed by atoms with E-state index in [-0.39, 0.29) is 11.5 Å². The predicted molar refractivity (Wildman–Crippen MR) is 82.2 cm³/mol. The first-order chi connectivity index (χ1) is 9.76. The van der Waals surface area contributed by atoms with Crippen molar-refractivity contribution in [1.82, 2.24) is 15.1 Å². The van der Waals surface area contributed by atoms with Crippen LogP contribution in [0.15, 0.2) is 4.47 Å². The van der Waals surface area contributed by atoms with Crippen molar-refractivity contribution in [3.8, 4) is 0 Å². The van der Waals surface area contributed by atoms with E-state index in [2.05, 4.69) is 26.3 Å². The molecule has 0 aliphatic carbocycles. The Balaban J connectivity index is 2.79. The molecule has 0 fully saturated rings. The van der Waals surface area contributed by atoms with Crippen LogP contribution in [0.3, 0.4) is 0 Å². The molecule has 118 valence electrons. The zero-order valence-electron chi connectivity index (χ0n) is 12.1. The summed E-state index contributed by atoms with van der Waals surface area (Å²) < 4.78 is 14.6. The quantitative estimate of drug-likeness (QED) is 0.721. The zero-order valence-corrected chi connectivity index (χ0v) is 14.5. The highest BCUT2D eigenvalue weighted by atomic mass is 79.9. The third-order valence-electron chi connectivity index (χ3n) is 2.83. The number of nitrogens with zero attached hydrogens (tertiary/aromatic N) is 2. The zero-order chi connectivity index (χ0) is 16.2. The van der Waals surface area contributed by atoms with Crippen molar-refractivity contribution in [3.63, 3.8) is 0 Å². The number of aromatic nitrogens is 2. The summed E-state index contributed by atoms with van der Waals surface area (Å²) in [7, 11) is 0.315. The molecule has 9 heteroatoms. The van der Waals surface area contributed by atoms with E-state index in [1.807, 2.05) is 6.92 Å². The van der Waals surface area contributed by atoms with Crippen LogP contribution in [0, 0.1) is 0 Å². The molecule has 1 rings (SSSR count). The van der Waals surface area contributed by atoms with Crippen molar-refractivity contribution in [3.05, 3.63) is 15.9 Å². The molecule has 7 nitrogen and oxygen atoms in total. The number of rotatable bonds is 7. The molecule has 0 aliphatic heterocycles. The lowest BCUT2D eigenvalue weighted by molar-refractivity contribution is -0.140. The molecule has 2 N–H and O–H groups in total. The minimum atomic E-state index is -1.43. The molecule has 1 aromatic rings. The molecule has 0 radical (unpaired) electrons. The summed E-state index contributed by atoms with van der Waals surface area (Å²) in [5.74, 6) is -1.63. The average Bonchev–Trinajstić information content (AvgIpc) is 2.64. The molecule has 1 unspecified atom stereocenters. The molecule has 0 aromatic carbocycles. The van der Waals surface area contributed by atoms with E-state index < -0.39 is 28.7 Å². The van der Waals surface area contributed by atoms with Gasteiger partial charge in [0.15, 0.2) is 0 Å². The van der Waals surface area contributed by atoms with Gasteiger partial charge in [0.25, 0.3) is 0 Å². The number of amides is 1.